The molecule has 3 aliphatic heterocycles. The lowest BCUT2D eigenvalue weighted by Gasteiger charge is -2.44. The van der Waals surface area contributed by atoms with E-state index in [9.17, 15) is 9.18 Å². The number of amides is 1. The van der Waals surface area contributed by atoms with E-state index in [1.54, 1.807) is 6.07 Å². The van der Waals surface area contributed by atoms with E-state index in [1.807, 2.05) is 0 Å². The second-order valence-electron chi connectivity index (χ2n) is 6.74. The molecule has 6 heteroatoms. The molecule has 1 aromatic heterocycles. The van der Waals surface area contributed by atoms with Crippen LogP contribution in [0.2, 0.25) is 0 Å². The molecule has 22 heavy (non-hydrogen) atoms. The summed E-state index contributed by atoms with van der Waals surface area (Å²) in [5.74, 6) is 0.311. The van der Waals surface area contributed by atoms with Crippen molar-refractivity contribution in [2.24, 2.45) is 5.92 Å². The van der Waals surface area contributed by atoms with Gasteiger partial charge in [0.15, 0.2) is 5.69 Å². The van der Waals surface area contributed by atoms with Gasteiger partial charge in [-0.05, 0) is 43.5 Å². The van der Waals surface area contributed by atoms with E-state index in [0.29, 0.717) is 34.6 Å². The number of aromatic nitrogens is 2. The molecular weight excluding hydrogens is 283 g/mol. The summed E-state index contributed by atoms with van der Waals surface area (Å²) in [6, 6.07) is 5.05. The summed E-state index contributed by atoms with van der Waals surface area (Å²) < 4.78 is 13.3. The molecule has 3 saturated heterocycles. The number of hydrogen-bond acceptors (Lipinski definition) is 3. The third-order valence-electron chi connectivity index (χ3n) is 5.56. The number of rotatable bonds is 1. The highest BCUT2D eigenvalue weighted by atomic mass is 19.1. The SMILES string of the molecule is O=C(c1n[nH]c2cc(F)ccc12)N1[C@@H]2C[C@H]3CCN(C2)C[C@H]31. The predicted molar refractivity (Wildman–Crippen MR) is 79.0 cm³/mol. The van der Waals surface area contributed by atoms with E-state index in [1.165, 1.54) is 25.1 Å². The highest BCUT2D eigenvalue weighted by molar-refractivity contribution is 6.05. The molecule has 3 fully saturated rings. The average Bonchev–Trinajstić information content (AvgIpc) is 2.95. The maximum Gasteiger partial charge on any atom is 0.275 e. The number of carbonyl (C=O) groups is 1. The van der Waals surface area contributed by atoms with Gasteiger partial charge in [-0.15, -0.1) is 0 Å². The third-order valence-corrected chi connectivity index (χ3v) is 5.56. The average molecular weight is 300 g/mol. The Balaban J connectivity index is 1.54. The van der Waals surface area contributed by atoms with E-state index >= 15 is 0 Å². The molecular formula is C16H17FN4O. The number of carbonyl (C=O) groups excluding carboxylic acids is 1. The first-order valence-electron chi connectivity index (χ1n) is 7.89. The first-order valence-corrected chi connectivity index (χ1v) is 7.89. The van der Waals surface area contributed by atoms with Gasteiger partial charge in [0, 0.05) is 30.6 Å². The number of fused-ring (bicyclic) bond motifs is 3. The quantitative estimate of drug-likeness (QED) is 0.871. The fourth-order valence-electron chi connectivity index (χ4n) is 4.59. The summed E-state index contributed by atoms with van der Waals surface area (Å²) >= 11 is 0. The van der Waals surface area contributed by atoms with Crippen LogP contribution in [0, 0.1) is 11.7 Å². The van der Waals surface area contributed by atoms with E-state index in [2.05, 4.69) is 20.0 Å². The number of aromatic amines is 1. The molecule has 0 saturated carbocycles. The summed E-state index contributed by atoms with van der Waals surface area (Å²) in [5, 5.41) is 7.67. The Morgan fingerprint density at radius 3 is 3.18 bits per heavy atom. The van der Waals surface area contributed by atoms with Crippen molar-refractivity contribution >= 4 is 16.8 Å². The molecule has 1 N–H and O–H groups in total. The Morgan fingerprint density at radius 2 is 2.27 bits per heavy atom. The lowest BCUT2D eigenvalue weighted by molar-refractivity contribution is 0.0258. The molecule has 1 amide bonds. The van der Waals surface area contributed by atoms with Crippen molar-refractivity contribution in [3.05, 3.63) is 29.7 Å². The number of piperazine rings is 1. The van der Waals surface area contributed by atoms with Gasteiger partial charge in [0.1, 0.15) is 5.82 Å². The number of hydrogen-bond donors (Lipinski definition) is 1. The Bertz CT molecular complexity index is 769. The summed E-state index contributed by atoms with van der Waals surface area (Å²) in [6.07, 6.45) is 2.31. The van der Waals surface area contributed by atoms with Crippen molar-refractivity contribution in [3.63, 3.8) is 0 Å². The lowest BCUT2D eigenvalue weighted by atomic mass is 9.93. The smallest absolute Gasteiger partial charge is 0.275 e. The van der Waals surface area contributed by atoms with Crippen molar-refractivity contribution < 1.29 is 9.18 Å². The van der Waals surface area contributed by atoms with E-state index in [-0.39, 0.29) is 11.7 Å². The van der Waals surface area contributed by atoms with Gasteiger partial charge in [-0.1, -0.05) is 0 Å². The Morgan fingerprint density at radius 1 is 1.36 bits per heavy atom. The maximum atomic E-state index is 13.3. The van der Waals surface area contributed by atoms with Gasteiger partial charge < -0.3 is 4.90 Å². The molecule has 0 aliphatic carbocycles. The number of piperidine rings is 1. The summed E-state index contributed by atoms with van der Waals surface area (Å²) in [4.78, 5) is 17.6. The second kappa shape index (κ2) is 4.29. The van der Waals surface area contributed by atoms with Crippen LogP contribution >= 0.6 is 0 Å². The highest BCUT2D eigenvalue weighted by Crippen LogP contribution is 2.41. The van der Waals surface area contributed by atoms with Gasteiger partial charge >= 0.3 is 0 Å². The molecule has 2 aromatic rings. The maximum absolute atomic E-state index is 13.3. The van der Waals surface area contributed by atoms with Gasteiger partial charge in [-0.25, -0.2) is 4.39 Å². The Hall–Kier alpha value is -1.95. The monoisotopic (exact) mass is 300 g/mol. The molecule has 3 bridgehead atoms. The van der Waals surface area contributed by atoms with Crippen molar-refractivity contribution in [1.82, 2.24) is 20.0 Å². The van der Waals surface area contributed by atoms with Gasteiger partial charge in [0.2, 0.25) is 0 Å². The minimum atomic E-state index is -0.321. The van der Waals surface area contributed by atoms with Crippen molar-refractivity contribution in [2.75, 3.05) is 19.6 Å². The van der Waals surface area contributed by atoms with Gasteiger partial charge in [0.25, 0.3) is 5.91 Å². The highest BCUT2D eigenvalue weighted by Gasteiger charge is 2.51. The van der Waals surface area contributed by atoms with Crippen LogP contribution in [0.25, 0.3) is 10.9 Å². The Labute approximate surface area is 127 Å². The first-order chi connectivity index (χ1) is 10.7. The summed E-state index contributed by atoms with van der Waals surface area (Å²) in [7, 11) is 0. The topological polar surface area (TPSA) is 52.2 Å². The standard InChI is InChI=1S/C16H17FN4O/c17-10-1-2-12-13(6-10)18-19-15(12)16(22)21-11-5-9-3-4-20(7-11)8-14(9)21/h1-2,6,9,11,14H,3-5,7-8H2,(H,18,19)/t9-,11-,14-/m1/s1. The summed E-state index contributed by atoms with van der Waals surface area (Å²) in [5.41, 5.74) is 1.01. The van der Waals surface area contributed by atoms with Crippen LogP contribution < -0.4 is 0 Å². The van der Waals surface area contributed by atoms with Crippen LogP contribution in [-0.2, 0) is 0 Å². The normalized spacial score (nSPS) is 32.9. The number of nitrogens with one attached hydrogen (secondary N) is 1. The van der Waals surface area contributed by atoms with Crippen LogP contribution in [0.3, 0.4) is 0 Å². The molecule has 1 unspecified atom stereocenters. The molecule has 114 valence electrons. The van der Waals surface area contributed by atoms with Crippen molar-refractivity contribution in [1.29, 1.82) is 0 Å². The van der Waals surface area contributed by atoms with E-state index in [0.717, 1.165) is 19.5 Å². The molecule has 1 aromatic carbocycles. The fraction of sp³-hybridized carbons (Fsp3) is 0.500. The number of benzene rings is 1. The summed E-state index contributed by atoms with van der Waals surface area (Å²) in [6.45, 7) is 3.14. The molecule has 5 nitrogen and oxygen atoms in total. The lowest BCUT2D eigenvalue weighted by Crippen LogP contribution is -2.58. The zero-order valence-electron chi connectivity index (χ0n) is 12.1. The third kappa shape index (κ3) is 1.61. The fourth-order valence-corrected chi connectivity index (χ4v) is 4.59. The molecule has 3 aliphatic rings. The minimum Gasteiger partial charge on any atom is -0.328 e. The number of H-pyrrole nitrogens is 1. The van der Waals surface area contributed by atoms with Crippen LogP contribution in [0.4, 0.5) is 4.39 Å². The van der Waals surface area contributed by atoms with Crippen molar-refractivity contribution in [3.8, 4) is 0 Å². The van der Waals surface area contributed by atoms with E-state index in [4.69, 9.17) is 0 Å². The predicted octanol–water partition coefficient (Wildman–Crippen LogP) is 1.62. The van der Waals surface area contributed by atoms with Gasteiger partial charge in [0.05, 0.1) is 5.52 Å². The zero-order valence-corrected chi connectivity index (χ0v) is 12.1. The largest absolute Gasteiger partial charge is 0.328 e. The number of nitrogens with zero attached hydrogens (tertiary/aromatic N) is 3. The molecule has 0 spiro atoms. The zero-order chi connectivity index (χ0) is 14.8. The first kappa shape index (κ1) is 12.6. The van der Waals surface area contributed by atoms with Gasteiger partial charge in [-0.2, -0.15) is 5.10 Å². The van der Waals surface area contributed by atoms with Crippen molar-refractivity contribution in [2.45, 2.75) is 24.9 Å². The van der Waals surface area contributed by atoms with Crippen LogP contribution in [0.5, 0.6) is 0 Å². The van der Waals surface area contributed by atoms with Crippen LogP contribution in [-0.4, -0.2) is 57.6 Å². The molecule has 0 radical (unpaired) electrons. The van der Waals surface area contributed by atoms with Crippen LogP contribution in [0.15, 0.2) is 18.2 Å². The van der Waals surface area contributed by atoms with Crippen LogP contribution in [0.1, 0.15) is 23.3 Å². The number of halogens is 1. The minimum absolute atomic E-state index is 0.00286. The molecule has 4 heterocycles. The molecule has 5 rings (SSSR count). The van der Waals surface area contributed by atoms with Gasteiger partial charge in [-0.3, -0.25) is 14.8 Å². The Kier molecular flexibility index (Phi) is 2.45. The second-order valence-corrected chi connectivity index (χ2v) is 6.74. The molecule has 4 atom stereocenters. The van der Waals surface area contributed by atoms with E-state index < -0.39 is 0 Å².